The van der Waals surface area contributed by atoms with Gasteiger partial charge in [0.1, 0.15) is 0 Å². The van der Waals surface area contributed by atoms with Gasteiger partial charge in [-0.05, 0) is 25.0 Å². The molecule has 0 bridgehead atoms. The van der Waals surface area contributed by atoms with Crippen molar-refractivity contribution in [3.05, 3.63) is 28.0 Å². The Morgan fingerprint density at radius 1 is 1.10 bits per heavy atom. The number of anilines is 1. The Morgan fingerprint density at radius 2 is 1.80 bits per heavy atom. The normalized spacial score (nSPS) is 16.5. The molecular formula is C14H15Cl2N3O. The monoisotopic (exact) mass is 311 g/mol. The van der Waals surface area contributed by atoms with Gasteiger partial charge in [-0.3, -0.25) is 0 Å². The number of rotatable bonds is 2. The number of nitrogens with zero attached hydrogens (tertiary/aromatic N) is 2. The Balaban J connectivity index is 1.96. The van der Waals surface area contributed by atoms with Gasteiger partial charge >= 0.3 is 0 Å². The van der Waals surface area contributed by atoms with E-state index in [0.717, 1.165) is 18.7 Å². The minimum absolute atomic E-state index is 0.343. The number of halogens is 2. The molecule has 6 heteroatoms. The highest BCUT2D eigenvalue weighted by Crippen LogP contribution is 2.38. The minimum Gasteiger partial charge on any atom is -0.397 e. The first-order valence-corrected chi connectivity index (χ1v) is 7.50. The van der Waals surface area contributed by atoms with E-state index in [9.17, 15) is 0 Å². The second-order valence-electron chi connectivity index (χ2n) is 5.11. The van der Waals surface area contributed by atoms with Crippen LogP contribution in [0.5, 0.6) is 0 Å². The molecule has 0 radical (unpaired) electrons. The summed E-state index contributed by atoms with van der Waals surface area (Å²) in [6.07, 6.45) is 5.94. The molecule has 20 heavy (non-hydrogen) atoms. The summed E-state index contributed by atoms with van der Waals surface area (Å²) in [6, 6.07) is 3.33. The Bertz CT molecular complexity index is 621. The third-order valence-electron chi connectivity index (χ3n) is 3.77. The number of nitrogen functional groups attached to an aromatic ring is 1. The first-order valence-electron chi connectivity index (χ1n) is 6.74. The van der Waals surface area contributed by atoms with Crippen molar-refractivity contribution in [3.63, 3.8) is 0 Å². The predicted molar refractivity (Wildman–Crippen MR) is 80.0 cm³/mol. The van der Waals surface area contributed by atoms with Crippen LogP contribution in [0.4, 0.5) is 5.69 Å². The molecule has 0 aliphatic heterocycles. The fourth-order valence-electron chi connectivity index (χ4n) is 2.65. The number of hydrogen-bond donors (Lipinski definition) is 1. The van der Waals surface area contributed by atoms with E-state index in [1.54, 1.807) is 12.1 Å². The van der Waals surface area contributed by atoms with E-state index in [4.69, 9.17) is 33.5 Å². The van der Waals surface area contributed by atoms with E-state index in [1.165, 1.54) is 19.3 Å². The molecule has 0 spiro atoms. The van der Waals surface area contributed by atoms with Gasteiger partial charge in [0.05, 0.1) is 21.3 Å². The molecule has 1 saturated carbocycles. The predicted octanol–water partition coefficient (Wildman–Crippen LogP) is 4.67. The lowest BCUT2D eigenvalue weighted by atomic mass is 9.89. The first kappa shape index (κ1) is 13.7. The summed E-state index contributed by atoms with van der Waals surface area (Å²) in [5, 5.41) is 4.98. The van der Waals surface area contributed by atoms with Crippen molar-refractivity contribution < 1.29 is 4.52 Å². The van der Waals surface area contributed by atoms with E-state index in [2.05, 4.69) is 10.1 Å². The van der Waals surface area contributed by atoms with Crippen LogP contribution in [-0.2, 0) is 0 Å². The first-order chi connectivity index (χ1) is 9.66. The van der Waals surface area contributed by atoms with E-state index in [0.29, 0.717) is 33.1 Å². The van der Waals surface area contributed by atoms with Crippen molar-refractivity contribution in [3.8, 4) is 11.5 Å². The topological polar surface area (TPSA) is 64.9 Å². The van der Waals surface area contributed by atoms with Crippen molar-refractivity contribution >= 4 is 28.9 Å². The van der Waals surface area contributed by atoms with Gasteiger partial charge in [-0.2, -0.15) is 4.98 Å². The molecule has 0 atom stereocenters. The van der Waals surface area contributed by atoms with Crippen molar-refractivity contribution in [1.29, 1.82) is 0 Å². The van der Waals surface area contributed by atoms with Gasteiger partial charge in [-0.15, -0.1) is 0 Å². The zero-order valence-corrected chi connectivity index (χ0v) is 12.4. The standard InChI is InChI=1S/C14H15Cl2N3O/c15-9-6-7-10(16)12(17)11(9)14-18-13(19-20-14)8-4-2-1-3-5-8/h6-8H,1-5,17H2. The van der Waals surface area contributed by atoms with Gasteiger partial charge in [0.25, 0.3) is 5.89 Å². The molecule has 106 valence electrons. The second kappa shape index (κ2) is 5.62. The average Bonchev–Trinajstić information content (AvgIpc) is 2.94. The summed E-state index contributed by atoms with van der Waals surface area (Å²) >= 11 is 12.2. The fourth-order valence-corrected chi connectivity index (χ4v) is 3.05. The molecule has 1 aromatic heterocycles. The van der Waals surface area contributed by atoms with Gasteiger partial charge in [0, 0.05) is 5.92 Å². The fraction of sp³-hybridized carbons (Fsp3) is 0.429. The molecule has 1 aromatic carbocycles. The van der Waals surface area contributed by atoms with E-state index >= 15 is 0 Å². The quantitative estimate of drug-likeness (QED) is 0.818. The third kappa shape index (κ3) is 2.50. The van der Waals surface area contributed by atoms with Gasteiger partial charge in [0.2, 0.25) is 0 Å². The largest absolute Gasteiger partial charge is 0.397 e. The van der Waals surface area contributed by atoms with Crippen molar-refractivity contribution in [2.24, 2.45) is 0 Å². The summed E-state index contributed by atoms with van der Waals surface area (Å²) < 4.78 is 5.34. The van der Waals surface area contributed by atoms with E-state index < -0.39 is 0 Å². The highest BCUT2D eigenvalue weighted by molar-refractivity contribution is 6.37. The summed E-state index contributed by atoms with van der Waals surface area (Å²) in [7, 11) is 0. The van der Waals surface area contributed by atoms with E-state index in [1.807, 2.05) is 0 Å². The van der Waals surface area contributed by atoms with Crippen LogP contribution in [0, 0.1) is 0 Å². The molecule has 1 heterocycles. The number of benzene rings is 1. The van der Waals surface area contributed by atoms with Crippen LogP contribution in [0.1, 0.15) is 43.8 Å². The maximum absolute atomic E-state index is 6.16. The third-order valence-corrected chi connectivity index (χ3v) is 4.41. The summed E-state index contributed by atoms with van der Waals surface area (Å²) in [4.78, 5) is 4.47. The van der Waals surface area contributed by atoms with Gasteiger partial charge in [-0.1, -0.05) is 47.6 Å². The number of aromatic nitrogens is 2. The van der Waals surface area contributed by atoms with Crippen molar-refractivity contribution in [1.82, 2.24) is 10.1 Å². The van der Waals surface area contributed by atoms with Gasteiger partial charge in [-0.25, -0.2) is 0 Å². The zero-order chi connectivity index (χ0) is 14.1. The summed E-state index contributed by atoms with van der Waals surface area (Å²) in [6.45, 7) is 0. The molecule has 0 saturated heterocycles. The van der Waals surface area contributed by atoms with Crippen LogP contribution in [0.15, 0.2) is 16.7 Å². The molecule has 2 aromatic rings. The minimum atomic E-state index is 0.343. The second-order valence-corrected chi connectivity index (χ2v) is 5.92. The number of hydrogen-bond acceptors (Lipinski definition) is 4. The lowest BCUT2D eigenvalue weighted by Crippen LogP contribution is -2.06. The Kier molecular flexibility index (Phi) is 3.85. The highest BCUT2D eigenvalue weighted by atomic mass is 35.5. The molecule has 1 fully saturated rings. The summed E-state index contributed by atoms with van der Waals surface area (Å²) in [5.74, 6) is 1.46. The van der Waals surface area contributed by atoms with Crippen molar-refractivity contribution in [2.75, 3.05) is 5.73 Å². The lowest BCUT2D eigenvalue weighted by molar-refractivity contribution is 0.385. The Hall–Kier alpha value is -1.26. The van der Waals surface area contributed by atoms with Crippen molar-refractivity contribution in [2.45, 2.75) is 38.0 Å². The van der Waals surface area contributed by atoms with Gasteiger partial charge in [0.15, 0.2) is 5.82 Å². The smallest absolute Gasteiger partial charge is 0.261 e. The molecule has 4 nitrogen and oxygen atoms in total. The molecule has 1 aliphatic rings. The van der Waals surface area contributed by atoms with E-state index in [-0.39, 0.29) is 0 Å². The molecular weight excluding hydrogens is 297 g/mol. The molecule has 3 rings (SSSR count). The Morgan fingerprint density at radius 3 is 2.55 bits per heavy atom. The van der Waals surface area contributed by atoms with Crippen LogP contribution in [0.2, 0.25) is 10.0 Å². The molecule has 0 amide bonds. The van der Waals surface area contributed by atoms with Crippen LogP contribution >= 0.6 is 23.2 Å². The SMILES string of the molecule is Nc1c(Cl)ccc(Cl)c1-c1nc(C2CCCCC2)no1. The molecule has 2 N–H and O–H groups in total. The number of nitrogens with two attached hydrogens (primary N) is 1. The maximum Gasteiger partial charge on any atom is 0.261 e. The lowest BCUT2D eigenvalue weighted by Gasteiger charge is -2.17. The Labute approximate surface area is 127 Å². The zero-order valence-electron chi connectivity index (χ0n) is 10.9. The highest BCUT2D eigenvalue weighted by Gasteiger charge is 2.23. The van der Waals surface area contributed by atoms with Crippen LogP contribution in [-0.4, -0.2) is 10.1 Å². The van der Waals surface area contributed by atoms with Crippen LogP contribution in [0.3, 0.4) is 0 Å². The molecule has 1 aliphatic carbocycles. The maximum atomic E-state index is 6.16. The van der Waals surface area contributed by atoms with Crippen LogP contribution < -0.4 is 5.73 Å². The average molecular weight is 312 g/mol. The van der Waals surface area contributed by atoms with Gasteiger partial charge < -0.3 is 10.3 Å². The molecule has 0 unspecified atom stereocenters. The van der Waals surface area contributed by atoms with Crippen LogP contribution in [0.25, 0.3) is 11.5 Å². The summed E-state index contributed by atoms with van der Waals surface area (Å²) in [5.41, 5.74) is 6.85.